The molecule has 17 heavy (non-hydrogen) atoms. The lowest BCUT2D eigenvalue weighted by Gasteiger charge is -2.36. The number of likely N-dealkylation sites (N-methyl/N-ethyl adjacent to an activating group) is 2. The molecule has 1 N–H and O–H groups in total. The predicted octanol–water partition coefficient (Wildman–Crippen LogP) is 0.929. The number of carbonyl (C=O) groups is 1. The minimum absolute atomic E-state index is 0.246. The van der Waals surface area contributed by atoms with Gasteiger partial charge in [0.1, 0.15) is 0 Å². The van der Waals surface area contributed by atoms with Crippen LogP contribution in [0, 0.1) is 0 Å². The molecule has 0 bridgehead atoms. The Morgan fingerprint density at radius 3 is 2.82 bits per heavy atom. The van der Waals surface area contributed by atoms with E-state index in [2.05, 4.69) is 17.1 Å². The second-order valence-corrected chi connectivity index (χ2v) is 4.84. The molecule has 1 heterocycles. The molecule has 1 saturated heterocycles. The Morgan fingerprint density at radius 1 is 1.41 bits per heavy atom. The molecule has 1 atom stereocenters. The van der Waals surface area contributed by atoms with Crippen LogP contribution in [0.15, 0.2) is 0 Å². The van der Waals surface area contributed by atoms with Crippen LogP contribution in [0.25, 0.3) is 0 Å². The Labute approximate surface area is 105 Å². The van der Waals surface area contributed by atoms with Crippen molar-refractivity contribution in [3.05, 3.63) is 0 Å². The minimum atomic E-state index is 0.246. The molecule has 0 aromatic carbocycles. The van der Waals surface area contributed by atoms with E-state index in [-0.39, 0.29) is 5.91 Å². The smallest absolute Gasteiger partial charge is 0.236 e. The van der Waals surface area contributed by atoms with Crippen LogP contribution in [0.1, 0.15) is 33.1 Å². The van der Waals surface area contributed by atoms with Crippen LogP contribution < -0.4 is 5.32 Å². The maximum Gasteiger partial charge on any atom is 0.236 e. The molecule has 0 radical (unpaired) electrons. The number of likely N-dealkylation sites (tertiary alicyclic amines) is 1. The van der Waals surface area contributed by atoms with Crippen LogP contribution in [0.4, 0.5) is 0 Å². The van der Waals surface area contributed by atoms with Crippen LogP contribution in [0.5, 0.6) is 0 Å². The lowest BCUT2D eigenvalue weighted by atomic mass is 10.0. The number of rotatable bonds is 6. The summed E-state index contributed by atoms with van der Waals surface area (Å²) in [6.07, 6.45) is 3.74. The Balaban J connectivity index is 2.44. The molecule has 0 aromatic heterocycles. The summed E-state index contributed by atoms with van der Waals surface area (Å²) in [6.45, 7) is 8.62. The third-order valence-corrected chi connectivity index (χ3v) is 3.62. The van der Waals surface area contributed by atoms with Gasteiger partial charge in [-0.2, -0.15) is 0 Å². The summed E-state index contributed by atoms with van der Waals surface area (Å²) in [5.74, 6) is 0.246. The molecule has 1 fully saturated rings. The van der Waals surface area contributed by atoms with Crippen molar-refractivity contribution in [3.8, 4) is 0 Å². The maximum absolute atomic E-state index is 11.9. The first-order valence-corrected chi connectivity index (χ1v) is 6.87. The van der Waals surface area contributed by atoms with E-state index >= 15 is 0 Å². The average molecular weight is 241 g/mol. The van der Waals surface area contributed by atoms with Gasteiger partial charge in [0.15, 0.2) is 0 Å². The molecule has 100 valence electrons. The first kappa shape index (κ1) is 14.5. The number of carbonyl (C=O) groups excluding carboxylic acids is 1. The van der Waals surface area contributed by atoms with E-state index < -0.39 is 0 Å². The molecule has 1 aliphatic heterocycles. The fraction of sp³-hybridized carbons (Fsp3) is 0.923. The minimum Gasteiger partial charge on any atom is -0.345 e. The van der Waals surface area contributed by atoms with Gasteiger partial charge < -0.3 is 10.2 Å². The summed E-state index contributed by atoms with van der Waals surface area (Å²) in [4.78, 5) is 16.1. The van der Waals surface area contributed by atoms with E-state index in [1.807, 2.05) is 14.0 Å². The van der Waals surface area contributed by atoms with Crippen LogP contribution >= 0.6 is 0 Å². The lowest BCUT2D eigenvalue weighted by molar-refractivity contribution is -0.131. The van der Waals surface area contributed by atoms with Crippen molar-refractivity contribution in [3.63, 3.8) is 0 Å². The van der Waals surface area contributed by atoms with E-state index in [0.29, 0.717) is 12.6 Å². The molecule has 0 aromatic rings. The Hall–Kier alpha value is -0.610. The summed E-state index contributed by atoms with van der Waals surface area (Å²) in [7, 11) is 1.88. The number of hydrogen-bond donors (Lipinski definition) is 1. The van der Waals surface area contributed by atoms with Crippen LogP contribution in [-0.2, 0) is 4.79 Å². The predicted molar refractivity (Wildman–Crippen MR) is 71.1 cm³/mol. The molecule has 4 nitrogen and oxygen atoms in total. The van der Waals surface area contributed by atoms with Gasteiger partial charge in [-0.3, -0.25) is 9.69 Å². The standard InChI is InChI=1S/C13H27N3O/c1-4-14-10-12-8-6-7-9-16(12)11-13(17)15(3)5-2/h12,14H,4-11H2,1-3H3. The Kier molecular flexibility index (Phi) is 6.52. The SMILES string of the molecule is CCNCC1CCCCN1CC(=O)N(C)CC. The molecule has 1 aliphatic rings. The third kappa shape index (κ3) is 4.64. The highest BCUT2D eigenvalue weighted by molar-refractivity contribution is 5.78. The first-order chi connectivity index (χ1) is 8.19. The normalized spacial score (nSPS) is 21.5. The number of nitrogens with zero attached hydrogens (tertiary/aromatic N) is 2. The monoisotopic (exact) mass is 241 g/mol. The highest BCUT2D eigenvalue weighted by atomic mass is 16.2. The van der Waals surface area contributed by atoms with Gasteiger partial charge in [0, 0.05) is 26.2 Å². The van der Waals surface area contributed by atoms with E-state index in [1.54, 1.807) is 4.90 Å². The molecule has 1 rings (SSSR count). The van der Waals surface area contributed by atoms with Gasteiger partial charge in [-0.1, -0.05) is 13.3 Å². The fourth-order valence-corrected chi connectivity index (χ4v) is 2.28. The van der Waals surface area contributed by atoms with Gasteiger partial charge in [0.25, 0.3) is 0 Å². The van der Waals surface area contributed by atoms with Crippen LogP contribution in [0.2, 0.25) is 0 Å². The van der Waals surface area contributed by atoms with Gasteiger partial charge in [-0.05, 0) is 32.9 Å². The number of amides is 1. The van der Waals surface area contributed by atoms with Crippen molar-refractivity contribution in [2.75, 3.05) is 39.8 Å². The average Bonchev–Trinajstić information content (AvgIpc) is 2.36. The second kappa shape index (κ2) is 7.67. The molecule has 0 spiro atoms. The van der Waals surface area contributed by atoms with Crippen molar-refractivity contribution < 1.29 is 4.79 Å². The number of piperidine rings is 1. The van der Waals surface area contributed by atoms with Crippen molar-refractivity contribution in [1.29, 1.82) is 0 Å². The van der Waals surface area contributed by atoms with Gasteiger partial charge in [-0.15, -0.1) is 0 Å². The van der Waals surface area contributed by atoms with Gasteiger partial charge >= 0.3 is 0 Å². The summed E-state index contributed by atoms with van der Waals surface area (Å²) in [5.41, 5.74) is 0. The van der Waals surface area contributed by atoms with Crippen molar-refractivity contribution in [2.24, 2.45) is 0 Å². The highest BCUT2D eigenvalue weighted by Gasteiger charge is 2.24. The van der Waals surface area contributed by atoms with Crippen molar-refractivity contribution >= 4 is 5.91 Å². The molecular weight excluding hydrogens is 214 g/mol. The molecule has 1 amide bonds. The van der Waals surface area contributed by atoms with E-state index in [4.69, 9.17) is 0 Å². The Morgan fingerprint density at radius 2 is 2.18 bits per heavy atom. The summed E-state index contributed by atoms with van der Waals surface area (Å²) in [6, 6.07) is 0.540. The summed E-state index contributed by atoms with van der Waals surface area (Å²) >= 11 is 0. The fourth-order valence-electron chi connectivity index (χ4n) is 2.28. The third-order valence-electron chi connectivity index (χ3n) is 3.62. The Bertz CT molecular complexity index is 233. The molecule has 0 aliphatic carbocycles. The van der Waals surface area contributed by atoms with Crippen LogP contribution in [0.3, 0.4) is 0 Å². The van der Waals surface area contributed by atoms with Crippen molar-refractivity contribution in [1.82, 2.24) is 15.1 Å². The van der Waals surface area contributed by atoms with E-state index in [9.17, 15) is 4.79 Å². The summed E-state index contributed by atoms with van der Waals surface area (Å²) in [5, 5.41) is 3.40. The largest absolute Gasteiger partial charge is 0.345 e. The molecule has 0 saturated carbocycles. The van der Waals surface area contributed by atoms with Gasteiger partial charge in [0.2, 0.25) is 5.91 Å². The first-order valence-electron chi connectivity index (χ1n) is 6.87. The summed E-state index contributed by atoms with van der Waals surface area (Å²) < 4.78 is 0. The number of nitrogens with one attached hydrogen (secondary N) is 1. The zero-order chi connectivity index (χ0) is 12.7. The van der Waals surface area contributed by atoms with E-state index in [0.717, 1.165) is 26.2 Å². The lowest BCUT2D eigenvalue weighted by Crippen LogP contribution is -2.49. The second-order valence-electron chi connectivity index (χ2n) is 4.84. The molecular formula is C13H27N3O. The number of hydrogen-bond acceptors (Lipinski definition) is 3. The van der Waals surface area contributed by atoms with E-state index in [1.165, 1.54) is 19.3 Å². The highest BCUT2D eigenvalue weighted by Crippen LogP contribution is 2.16. The van der Waals surface area contributed by atoms with Gasteiger partial charge in [0.05, 0.1) is 6.54 Å². The van der Waals surface area contributed by atoms with Gasteiger partial charge in [-0.25, -0.2) is 0 Å². The topological polar surface area (TPSA) is 35.6 Å². The zero-order valence-electron chi connectivity index (χ0n) is 11.5. The zero-order valence-corrected chi connectivity index (χ0v) is 11.5. The molecule has 1 unspecified atom stereocenters. The maximum atomic E-state index is 11.9. The molecule has 4 heteroatoms. The van der Waals surface area contributed by atoms with Crippen LogP contribution in [-0.4, -0.2) is 61.5 Å². The quantitative estimate of drug-likeness (QED) is 0.751. The van der Waals surface area contributed by atoms with Crippen molar-refractivity contribution in [2.45, 2.75) is 39.2 Å².